The molecule has 0 spiro atoms. The first-order chi connectivity index (χ1) is 8.54. The summed E-state index contributed by atoms with van der Waals surface area (Å²) in [6.07, 6.45) is 2.24. The number of likely N-dealkylation sites (N-methyl/N-ethyl adjacent to an activating group) is 2. The molecule has 2 N–H and O–H groups in total. The monoisotopic (exact) mass is 259 g/mol. The van der Waals surface area contributed by atoms with Gasteiger partial charge in [0.05, 0.1) is 0 Å². The molecular weight excluding hydrogens is 238 g/mol. The van der Waals surface area contributed by atoms with Gasteiger partial charge in [-0.2, -0.15) is 0 Å². The fourth-order valence-corrected chi connectivity index (χ4v) is 2.15. The van der Waals surface area contributed by atoms with Gasteiger partial charge in [0, 0.05) is 19.6 Å². The van der Waals surface area contributed by atoms with E-state index in [0.29, 0.717) is 12.6 Å². The fraction of sp³-hybridized carbons (Fsp3) is 0.818. The molecule has 0 aromatic carbocycles. The summed E-state index contributed by atoms with van der Waals surface area (Å²) in [5, 5.41) is 8.36. The maximum atomic E-state index is 11.6. The van der Waals surface area contributed by atoms with Gasteiger partial charge >= 0.3 is 12.0 Å². The number of rotatable bonds is 6. The lowest BCUT2D eigenvalue weighted by atomic mass is 10.2. The molecule has 0 aromatic rings. The molecule has 1 unspecified atom stereocenters. The Morgan fingerprint density at radius 3 is 2.89 bits per heavy atom. The Morgan fingerprint density at radius 2 is 2.28 bits per heavy atom. The number of nitrogens with one attached hydrogen (secondary N) is 1. The van der Waals surface area contributed by atoms with Crippen molar-refractivity contribution < 1.29 is 19.5 Å². The topological polar surface area (TPSA) is 82.1 Å². The molecule has 0 bridgehead atoms. The molecule has 0 radical (unpaired) electrons. The molecule has 1 fully saturated rings. The SMILES string of the molecule is CCN1CCCC1CN(C)C(=O)NOCC(=O)O. The summed E-state index contributed by atoms with van der Waals surface area (Å²) >= 11 is 0. The number of likely N-dealkylation sites (tertiary alicyclic amines) is 1. The molecule has 1 aliphatic rings. The maximum absolute atomic E-state index is 11.6. The molecule has 0 saturated carbocycles. The zero-order chi connectivity index (χ0) is 13.5. The quantitative estimate of drug-likeness (QED) is 0.662. The highest BCUT2D eigenvalue weighted by molar-refractivity contribution is 5.73. The number of hydroxylamine groups is 1. The number of aliphatic carboxylic acids is 1. The summed E-state index contributed by atoms with van der Waals surface area (Å²) in [6.45, 7) is 4.25. The minimum atomic E-state index is -1.12. The van der Waals surface area contributed by atoms with E-state index in [1.54, 1.807) is 7.05 Å². The normalized spacial score (nSPS) is 19.8. The molecule has 1 heterocycles. The van der Waals surface area contributed by atoms with Gasteiger partial charge in [-0.15, -0.1) is 0 Å². The second-order valence-corrected chi connectivity index (χ2v) is 4.39. The van der Waals surface area contributed by atoms with Gasteiger partial charge in [-0.3, -0.25) is 9.74 Å². The Hall–Kier alpha value is -1.34. The minimum absolute atomic E-state index is 0.380. The van der Waals surface area contributed by atoms with Gasteiger partial charge in [0.25, 0.3) is 0 Å². The van der Waals surface area contributed by atoms with Crippen molar-refractivity contribution in [3.05, 3.63) is 0 Å². The van der Waals surface area contributed by atoms with Gasteiger partial charge in [-0.25, -0.2) is 15.1 Å². The van der Waals surface area contributed by atoms with Crippen molar-refractivity contribution in [2.45, 2.75) is 25.8 Å². The first-order valence-corrected chi connectivity index (χ1v) is 6.13. The predicted octanol–water partition coefficient (Wildman–Crippen LogP) is 0.128. The first-order valence-electron chi connectivity index (χ1n) is 6.13. The summed E-state index contributed by atoms with van der Waals surface area (Å²) in [5.74, 6) is -1.12. The lowest BCUT2D eigenvalue weighted by Crippen LogP contribution is -2.45. The van der Waals surface area contributed by atoms with Crippen LogP contribution in [0.25, 0.3) is 0 Å². The van der Waals surface area contributed by atoms with Crippen LogP contribution >= 0.6 is 0 Å². The van der Waals surface area contributed by atoms with Crippen molar-refractivity contribution in [3.8, 4) is 0 Å². The lowest BCUT2D eigenvalue weighted by molar-refractivity contribution is -0.144. The Labute approximate surface area is 107 Å². The predicted molar refractivity (Wildman–Crippen MR) is 65.0 cm³/mol. The maximum Gasteiger partial charge on any atom is 0.341 e. The highest BCUT2D eigenvalue weighted by atomic mass is 16.7. The molecule has 18 heavy (non-hydrogen) atoms. The molecule has 0 aliphatic carbocycles. The Bertz CT molecular complexity index is 298. The van der Waals surface area contributed by atoms with Crippen LogP contribution in [0.5, 0.6) is 0 Å². The summed E-state index contributed by atoms with van der Waals surface area (Å²) in [4.78, 5) is 30.2. The van der Waals surface area contributed by atoms with Crippen LogP contribution < -0.4 is 5.48 Å². The van der Waals surface area contributed by atoms with Crippen molar-refractivity contribution in [1.82, 2.24) is 15.3 Å². The Morgan fingerprint density at radius 1 is 1.56 bits per heavy atom. The summed E-state index contributed by atoms with van der Waals surface area (Å²) in [6, 6.07) is -0.0376. The lowest BCUT2D eigenvalue weighted by Gasteiger charge is -2.27. The number of carbonyl (C=O) groups excluding carboxylic acids is 1. The van der Waals surface area contributed by atoms with Crippen LogP contribution in [0.2, 0.25) is 0 Å². The van der Waals surface area contributed by atoms with Crippen molar-refractivity contribution in [2.75, 3.05) is 33.3 Å². The highest BCUT2D eigenvalue weighted by Crippen LogP contribution is 2.17. The van der Waals surface area contributed by atoms with Gasteiger partial charge < -0.3 is 10.0 Å². The van der Waals surface area contributed by atoms with Crippen molar-refractivity contribution in [1.29, 1.82) is 0 Å². The molecule has 1 saturated heterocycles. The number of hydrogen-bond acceptors (Lipinski definition) is 4. The summed E-state index contributed by atoms with van der Waals surface area (Å²) in [7, 11) is 1.67. The van der Waals surface area contributed by atoms with Gasteiger partial charge in [-0.05, 0) is 25.9 Å². The van der Waals surface area contributed by atoms with Crippen molar-refractivity contribution >= 4 is 12.0 Å². The average Bonchev–Trinajstić information content (AvgIpc) is 2.75. The van der Waals surface area contributed by atoms with E-state index in [-0.39, 0.29) is 0 Å². The fourth-order valence-electron chi connectivity index (χ4n) is 2.15. The third-order valence-corrected chi connectivity index (χ3v) is 3.09. The van der Waals surface area contributed by atoms with Gasteiger partial charge in [0.1, 0.15) is 0 Å². The van der Waals surface area contributed by atoms with Gasteiger partial charge in [-0.1, -0.05) is 6.92 Å². The minimum Gasteiger partial charge on any atom is -0.479 e. The average molecular weight is 259 g/mol. The molecule has 1 aliphatic heterocycles. The van der Waals surface area contributed by atoms with Crippen LogP contribution in [0.15, 0.2) is 0 Å². The molecule has 7 nitrogen and oxygen atoms in total. The number of hydrogen-bond donors (Lipinski definition) is 2. The van der Waals surface area contributed by atoms with E-state index >= 15 is 0 Å². The summed E-state index contributed by atoms with van der Waals surface area (Å²) < 4.78 is 0. The van der Waals surface area contributed by atoms with Crippen molar-refractivity contribution in [3.63, 3.8) is 0 Å². The van der Waals surface area contributed by atoms with E-state index in [0.717, 1.165) is 25.9 Å². The first kappa shape index (κ1) is 14.7. The highest BCUT2D eigenvalue weighted by Gasteiger charge is 2.25. The zero-order valence-corrected chi connectivity index (χ0v) is 10.9. The van der Waals surface area contributed by atoms with E-state index in [9.17, 15) is 9.59 Å². The Balaban J connectivity index is 2.28. The largest absolute Gasteiger partial charge is 0.479 e. The third kappa shape index (κ3) is 4.50. The standard InChI is InChI=1S/C11H21N3O4/c1-3-14-6-4-5-9(14)7-13(2)11(17)12-18-8-10(15)16/h9H,3-8H2,1-2H3,(H,12,17)(H,15,16). The number of carboxylic acid groups (broad SMARTS) is 1. The number of carbonyl (C=O) groups is 2. The molecular formula is C11H21N3O4. The van der Waals surface area contributed by atoms with E-state index in [1.807, 2.05) is 0 Å². The van der Waals surface area contributed by atoms with Crippen LogP contribution in [-0.2, 0) is 9.63 Å². The second kappa shape index (κ2) is 7.17. The molecule has 1 rings (SSSR count). The van der Waals surface area contributed by atoms with Gasteiger partial charge in [0.15, 0.2) is 6.61 Å². The Kier molecular flexibility index (Phi) is 5.87. The molecule has 104 valence electrons. The third-order valence-electron chi connectivity index (χ3n) is 3.09. The summed E-state index contributed by atoms with van der Waals surface area (Å²) in [5.41, 5.74) is 2.11. The van der Waals surface area contributed by atoms with Gasteiger partial charge in [0.2, 0.25) is 0 Å². The van der Waals surface area contributed by atoms with Crippen LogP contribution in [0.3, 0.4) is 0 Å². The van der Waals surface area contributed by atoms with Crippen LogP contribution in [0.1, 0.15) is 19.8 Å². The van der Waals surface area contributed by atoms with Crippen LogP contribution in [0, 0.1) is 0 Å². The van der Waals surface area contributed by atoms with E-state index < -0.39 is 18.6 Å². The van der Waals surface area contributed by atoms with E-state index in [1.165, 1.54) is 4.90 Å². The van der Waals surface area contributed by atoms with Crippen LogP contribution in [-0.4, -0.2) is 66.2 Å². The molecule has 0 aromatic heterocycles. The molecule has 1 atom stereocenters. The number of urea groups is 1. The van der Waals surface area contributed by atoms with Crippen molar-refractivity contribution in [2.24, 2.45) is 0 Å². The zero-order valence-electron chi connectivity index (χ0n) is 10.9. The smallest absolute Gasteiger partial charge is 0.341 e. The second-order valence-electron chi connectivity index (χ2n) is 4.39. The number of amides is 2. The molecule has 7 heteroatoms. The van der Waals surface area contributed by atoms with Crippen LogP contribution in [0.4, 0.5) is 4.79 Å². The molecule has 2 amide bonds. The van der Waals surface area contributed by atoms with E-state index in [4.69, 9.17) is 5.11 Å². The number of nitrogens with zero attached hydrogens (tertiary/aromatic N) is 2. The number of carboxylic acids is 1. The van der Waals surface area contributed by atoms with E-state index in [2.05, 4.69) is 22.1 Å².